The van der Waals surface area contributed by atoms with Crippen molar-refractivity contribution in [1.82, 2.24) is 9.97 Å². The lowest BCUT2D eigenvalue weighted by molar-refractivity contribution is 0.414. The zero-order valence-corrected chi connectivity index (χ0v) is 11.4. The molecule has 0 saturated heterocycles. The van der Waals surface area contributed by atoms with Crippen molar-refractivity contribution in [3.63, 3.8) is 0 Å². The van der Waals surface area contributed by atoms with Crippen LogP contribution in [0.4, 0.5) is 5.82 Å². The molecule has 2 rings (SSSR count). The number of ether oxygens (including phenoxy) is 1. The Morgan fingerprint density at radius 3 is 2.74 bits per heavy atom. The summed E-state index contributed by atoms with van der Waals surface area (Å²) in [5.41, 5.74) is 6.50. The van der Waals surface area contributed by atoms with E-state index in [1.54, 1.807) is 7.11 Å². The Bertz CT molecular complexity index is 596. The van der Waals surface area contributed by atoms with Gasteiger partial charge in [-0.05, 0) is 24.1 Å². The predicted octanol–water partition coefficient (Wildman–Crippen LogP) is 1.70. The number of nitrogens with one attached hydrogen (secondary N) is 1. The van der Waals surface area contributed by atoms with Gasteiger partial charge in [-0.25, -0.2) is 4.98 Å². The molecule has 19 heavy (non-hydrogen) atoms. The lowest BCUT2D eigenvalue weighted by Crippen LogP contribution is -2.09. The van der Waals surface area contributed by atoms with Gasteiger partial charge in [-0.3, -0.25) is 4.79 Å². The van der Waals surface area contributed by atoms with Crippen LogP contribution in [0.1, 0.15) is 5.56 Å². The average Bonchev–Trinajstić information content (AvgIpc) is 2.38. The van der Waals surface area contributed by atoms with Crippen molar-refractivity contribution < 1.29 is 4.74 Å². The van der Waals surface area contributed by atoms with Crippen molar-refractivity contribution in [2.24, 2.45) is 0 Å². The molecule has 0 unspecified atom stereocenters. The number of H-pyrrole nitrogens is 1. The highest BCUT2D eigenvalue weighted by Crippen LogP contribution is 2.16. The van der Waals surface area contributed by atoms with Gasteiger partial charge in [-0.1, -0.05) is 23.9 Å². The summed E-state index contributed by atoms with van der Waals surface area (Å²) in [6.07, 6.45) is 0.882. The van der Waals surface area contributed by atoms with E-state index in [0.717, 1.165) is 17.9 Å². The molecule has 1 heterocycles. The van der Waals surface area contributed by atoms with E-state index in [2.05, 4.69) is 9.97 Å². The van der Waals surface area contributed by atoms with E-state index in [1.165, 1.54) is 23.4 Å². The maximum absolute atomic E-state index is 11.2. The quantitative estimate of drug-likeness (QED) is 0.642. The third kappa shape index (κ3) is 4.03. The van der Waals surface area contributed by atoms with Crippen LogP contribution in [0.5, 0.6) is 5.75 Å². The molecule has 0 spiro atoms. The second-order valence-corrected chi connectivity index (χ2v) is 5.01. The molecule has 1 aromatic carbocycles. The van der Waals surface area contributed by atoms with E-state index in [0.29, 0.717) is 5.16 Å². The molecular formula is C13H15N3O2S. The predicted molar refractivity (Wildman–Crippen MR) is 76.7 cm³/mol. The van der Waals surface area contributed by atoms with Crippen LogP contribution in [0.25, 0.3) is 0 Å². The zero-order chi connectivity index (χ0) is 13.7. The first-order chi connectivity index (χ1) is 9.17. The van der Waals surface area contributed by atoms with Crippen LogP contribution in [0, 0.1) is 0 Å². The summed E-state index contributed by atoms with van der Waals surface area (Å²) in [6.45, 7) is 0. The summed E-state index contributed by atoms with van der Waals surface area (Å²) in [4.78, 5) is 17.9. The third-order valence-electron chi connectivity index (χ3n) is 2.53. The van der Waals surface area contributed by atoms with Gasteiger partial charge in [0.1, 0.15) is 11.6 Å². The maximum atomic E-state index is 11.2. The Morgan fingerprint density at radius 2 is 2.11 bits per heavy atom. The molecule has 100 valence electrons. The van der Waals surface area contributed by atoms with Crippen molar-refractivity contribution in [1.29, 1.82) is 0 Å². The lowest BCUT2D eigenvalue weighted by Gasteiger charge is -2.03. The number of anilines is 1. The highest BCUT2D eigenvalue weighted by molar-refractivity contribution is 7.99. The van der Waals surface area contributed by atoms with Crippen molar-refractivity contribution in [2.75, 3.05) is 18.6 Å². The van der Waals surface area contributed by atoms with Gasteiger partial charge in [0, 0.05) is 11.8 Å². The fraction of sp³-hybridized carbons (Fsp3) is 0.231. The molecule has 2 aromatic rings. The molecule has 6 heteroatoms. The third-order valence-corrected chi connectivity index (χ3v) is 3.40. The van der Waals surface area contributed by atoms with Crippen LogP contribution in [0.2, 0.25) is 0 Å². The van der Waals surface area contributed by atoms with Gasteiger partial charge < -0.3 is 15.5 Å². The molecule has 5 nitrogen and oxygen atoms in total. The minimum Gasteiger partial charge on any atom is -0.497 e. The average molecular weight is 277 g/mol. The number of methoxy groups -OCH3 is 1. The number of aromatic nitrogens is 2. The van der Waals surface area contributed by atoms with Crippen LogP contribution >= 0.6 is 11.8 Å². The molecule has 0 saturated carbocycles. The van der Waals surface area contributed by atoms with Crippen molar-refractivity contribution in [3.05, 3.63) is 46.2 Å². The Labute approximate surface area is 115 Å². The summed E-state index contributed by atoms with van der Waals surface area (Å²) in [5.74, 6) is 1.91. The van der Waals surface area contributed by atoms with Gasteiger partial charge in [0.05, 0.1) is 7.11 Å². The Hall–Kier alpha value is -1.95. The molecule has 0 aliphatic rings. The molecule has 3 N–H and O–H groups in total. The Morgan fingerprint density at radius 1 is 1.37 bits per heavy atom. The summed E-state index contributed by atoms with van der Waals surface area (Å²) < 4.78 is 5.10. The SMILES string of the molecule is COc1ccc(CCSc2nc(N)cc(=O)[nH]2)cc1. The summed E-state index contributed by atoms with van der Waals surface area (Å²) >= 11 is 1.48. The largest absolute Gasteiger partial charge is 0.497 e. The van der Waals surface area contributed by atoms with E-state index in [4.69, 9.17) is 10.5 Å². The Kier molecular flexibility index (Phi) is 4.46. The summed E-state index contributed by atoms with van der Waals surface area (Å²) in [5, 5.41) is 0.554. The fourth-order valence-electron chi connectivity index (χ4n) is 1.58. The highest BCUT2D eigenvalue weighted by Gasteiger charge is 2.00. The van der Waals surface area contributed by atoms with Gasteiger partial charge >= 0.3 is 0 Å². The Balaban J connectivity index is 1.90. The normalized spacial score (nSPS) is 10.4. The minimum atomic E-state index is -0.223. The minimum absolute atomic E-state index is 0.223. The number of thioether (sulfide) groups is 1. The van der Waals surface area contributed by atoms with Crippen molar-refractivity contribution >= 4 is 17.6 Å². The van der Waals surface area contributed by atoms with E-state index in [9.17, 15) is 4.79 Å². The van der Waals surface area contributed by atoms with Crippen molar-refractivity contribution in [2.45, 2.75) is 11.6 Å². The van der Waals surface area contributed by atoms with Gasteiger partial charge in [0.15, 0.2) is 5.16 Å². The number of hydrogen-bond acceptors (Lipinski definition) is 5. The first-order valence-electron chi connectivity index (χ1n) is 5.80. The van der Waals surface area contributed by atoms with Crippen LogP contribution in [0.3, 0.4) is 0 Å². The molecule has 0 atom stereocenters. The smallest absolute Gasteiger partial charge is 0.253 e. The van der Waals surface area contributed by atoms with Gasteiger partial charge in [-0.15, -0.1) is 0 Å². The fourth-order valence-corrected chi connectivity index (χ4v) is 2.45. The topological polar surface area (TPSA) is 81.0 Å². The highest BCUT2D eigenvalue weighted by atomic mass is 32.2. The lowest BCUT2D eigenvalue weighted by atomic mass is 10.2. The number of rotatable bonds is 5. The number of benzene rings is 1. The molecule has 0 amide bonds. The molecule has 0 aliphatic heterocycles. The van der Waals surface area contributed by atoms with E-state index in [1.807, 2.05) is 24.3 Å². The number of nitrogens with zero attached hydrogens (tertiary/aromatic N) is 1. The number of aromatic amines is 1. The first-order valence-corrected chi connectivity index (χ1v) is 6.78. The standard InChI is InChI=1S/C13H15N3O2S/c1-18-10-4-2-9(3-5-10)6-7-19-13-15-11(14)8-12(17)16-13/h2-5,8H,6-7H2,1H3,(H3,14,15,16,17). The molecule has 0 aliphatic carbocycles. The maximum Gasteiger partial charge on any atom is 0.253 e. The van der Waals surface area contributed by atoms with E-state index >= 15 is 0 Å². The first kappa shape index (κ1) is 13.5. The zero-order valence-electron chi connectivity index (χ0n) is 10.6. The molecule has 1 aromatic heterocycles. The molecule has 0 fully saturated rings. The number of aryl methyl sites for hydroxylation is 1. The summed E-state index contributed by atoms with van der Waals surface area (Å²) in [6, 6.07) is 9.18. The van der Waals surface area contributed by atoms with Gasteiger partial charge in [-0.2, -0.15) is 0 Å². The van der Waals surface area contributed by atoms with E-state index in [-0.39, 0.29) is 11.4 Å². The van der Waals surface area contributed by atoms with E-state index < -0.39 is 0 Å². The summed E-state index contributed by atoms with van der Waals surface area (Å²) in [7, 11) is 1.65. The number of nitrogen functional groups attached to an aromatic ring is 1. The molecule has 0 radical (unpaired) electrons. The molecular weight excluding hydrogens is 262 g/mol. The second-order valence-electron chi connectivity index (χ2n) is 3.92. The van der Waals surface area contributed by atoms with Gasteiger partial charge in [0.25, 0.3) is 5.56 Å². The molecule has 0 bridgehead atoms. The van der Waals surface area contributed by atoms with Crippen molar-refractivity contribution in [3.8, 4) is 5.75 Å². The second kappa shape index (κ2) is 6.29. The van der Waals surface area contributed by atoms with Crippen LogP contribution < -0.4 is 16.0 Å². The number of hydrogen-bond donors (Lipinski definition) is 2. The monoisotopic (exact) mass is 277 g/mol. The van der Waals surface area contributed by atoms with Crippen LogP contribution in [-0.2, 0) is 6.42 Å². The van der Waals surface area contributed by atoms with Crippen LogP contribution in [0.15, 0.2) is 40.3 Å². The van der Waals surface area contributed by atoms with Crippen LogP contribution in [-0.4, -0.2) is 22.8 Å². The van der Waals surface area contributed by atoms with Gasteiger partial charge in [0.2, 0.25) is 0 Å². The number of nitrogens with two attached hydrogens (primary N) is 1.